The van der Waals surface area contributed by atoms with Gasteiger partial charge in [0.05, 0.1) is 0 Å². The summed E-state index contributed by atoms with van der Waals surface area (Å²) in [6.45, 7) is 4.33. The van der Waals surface area contributed by atoms with Gasteiger partial charge in [-0.25, -0.2) is 12.8 Å². The van der Waals surface area contributed by atoms with Crippen molar-refractivity contribution in [3.63, 3.8) is 0 Å². The minimum atomic E-state index is -4.25. The Labute approximate surface area is 157 Å². The summed E-state index contributed by atoms with van der Waals surface area (Å²) in [6, 6.07) is 8.85. The van der Waals surface area contributed by atoms with Crippen molar-refractivity contribution in [3.8, 4) is 0 Å². The lowest BCUT2D eigenvalue weighted by Gasteiger charge is -2.14. The Kier molecular flexibility index (Phi) is 6.45. The number of halogens is 1. The Morgan fingerprint density at radius 3 is 2.48 bits per heavy atom. The average molecular weight is 393 g/mol. The summed E-state index contributed by atoms with van der Waals surface area (Å²) in [7, 11) is -4.25. The van der Waals surface area contributed by atoms with E-state index in [0.29, 0.717) is 5.56 Å². The van der Waals surface area contributed by atoms with Crippen LogP contribution < -0.4 is 4.72 Å². The third kappa shape index (κ3) is 5.21. The van der Waals surface area contributed by atoms with Gasteiger partial charge in [0.25, 0.3) is 0 Å². The molecule has 2 rings (SSSR count). The van der Waals surface area contributed by atoms with E-state index in [1.54, 1.807) is 19.1 Å². The zero-order chi connectivity index (χ0) is 20.2. The Hall–Kier alpha value is -2.58. The Balaban J connectivity index is 2.00. The highest BCUT2D eigenvalue weighted by Crippen LogP contribution is 2.14. The lowest BCUT2D eigenvalue weighted by atomic mass is 10.0. The van der Waals surface area contributed by atoms with Gasteiger partial charge in [-0.15, -0.1) is 0 Å². The fraction of sp³-hybridized carbons (Fsp3) is 0.263. The SMILES string of the molecule is Cc1ccc(C)c(C(=O)COC(=O)[C@H](C)NS(=O)(=O)c2ccccc2F)c1. The first kappa shape index (κ1) is 20.7. The molecule has 0 heterocycles. The summed E-state index contributed by atoms with van der Waals surface area (Å²) >= 11 is 0. The number of nitrogens with one attached hydrogen (secondary N) is 1. The van der Waals surface area contributed by atoms with E-state index in [4.69, 9.17) is 4.74 Å². The zero-order valence-electron chi connectivity index (χ0n) is 15.2. The van der Waals surface area contributed by atoms with Crippen molar-refractivity contribution < 1.29 is 27.1 Å². The summed E-state index contributed by atoms with van der Waals surface area (Å²) in [5.74, 6) is -2.27. The summed E-state index contributed by atoms with van der Waals surface area (Å²) in [5.41, 5.74) is 2.07. The standard InChI is InChI=1S/C19H20FNO5S/c1-12-8-9-13(2)15(10-12)17(22)11-26-19(23)14(3)21-27(24,25)18-7-5-4-6-16(18)20/h4-10,14,21H,11H2,1-3H3/t14-/m0/s1. The molecule has 144 valence electrons. The number of sulfonamides is 1. The van der Waals surface area contributed by atoms with Crippen LogP contribution in [0.4, 0.5) is 4.39 Å². The number of benzene rings is 2. The van der Waals surface area contributed by atoms with E-state index < -0.39 is 45.1 Å². The number of carbonyl (C=O) groups excluding carboxylic acids is 2. The summed E-state index contributed by atoms with van der Waals surface area (Å²) < 4.78 is 45.0. The molecule has 0 unspecified atom stereocenters. The number of Topliss-reactive ketones (excluding diaryl/α,β-unsaturated/α-hetero) is 1. The van der Waals surface area contributed by atoms with E-state index in [9.17, 15) is 22.4 Å². The minimum absolute atomic E-state index is 0.395. The molecule has 2 aromatic rings. The molecule has 1 atom stereocenters. The van der Waals surface area contributed by atoms with Crippen LogP contribution in [0.25, 0.3) is 0 Å². The van der Waals surface area contributed by atoms with Crippen molar-refractivity contribution in [2.45, 2.75) is 31.7 Å². The van der Waals surface area contributed by atoms with Gasteiger partial charge in [0.1, 0.15) is 16.8 Å². The minimum Gasteiger partial charge on any atom is -0.456 e. The van der Waals surface area contributed by atoms with E-state index in [1.165, 1.54) is 19.1 Å². The van der Waals surface area contributed by atoms with Gasteiger partial charge < -0.3 is 4.74 Å². The summed E-state index contributed by atoms with van der Waals surface area (Å²) in [4.78, 5) is 23.7. The van der Waals surface area contributed by atoms with Crippen LogP contribution in [0, 0.1) is 19.7 Å². The summed E-state index contributed by atoms with van der Waals surface area (Å²) in [6.07, 6.45) is 0. The molecule has 0 spiro atoms. The molecule has 0 amide bonds. The molecule has 2 aromatic carbocycles. The van der Waals surface area contributed by atoms with E-state index in [1.807, 2.05) is 17.7 Å². The Morgan fingerprint density at radius 2 is 1.81 bits per heavy atom. The van der Waals surface area contributed by atoms with Crippen molar-refractivity contribution in [2.75, 3.05) is 6.61 Å². The molecule has 0 fully saturated rings. The van der Waals surface area contributed by atoms with Crippen LogP contribution >= 0.6 is 0 Å². The maximum atomic E-state index is 13.7. The molecule has 0 aliphatic rings. The molecule has 1 N–H and O–H groups in total. The Bertz CT molecular complexity index is 972. The molecular weight excluding hydrogens is 373 g/mol. The van der Waals surface area contributed by atoms with Gasteiger partial charge in [0.2, 0.25) is 15.8 Å². The van der Waals surface area contributed by atoms with Crippen molar-refractivity contribution in [3.05, 3.63) is 65.0 Å². The van der Waals surface area contributed by atoms with Crippen LogP contribution in [0.5, 0.6) is 0 Å². The topological polar surface area (TPSA) is 89.5 Å². The third-order valence-electron chi connectivity index (χ3n) is 3.85. The van der Waals surface area contributed by atoms with E-state index in [0.717, 1.165) is 23.3 Å². The smallest absolute Gasteiger partial charge is 0.324 e. The average Bonchev–Trinajstić information content (AvgIpc) is 2.61. The van der Waals surface area contributed by atoms with Crippen LogP contribution in [0.3, 0.4) is 0 Å². The molecule has 0 radical (unpaired) electrons. The highest BCUT2D eigenvalue weighted by molar-refractivity contribution is 7.89. The molecule has 6 nitrogen and oxygen atoms in total. The van der Waals surface area contributed by atoms with Gasteiger partial charge in [-0.05, 0) is 44.5 Å². The van der Waals surface area contributed by atoms with Gasteiger partial charge >= 0.3 is 5.97 Å². The summed E-state index contributed by atoms with van der Waals surface area (Å²) in [5, 5.41) is 0. The largest absolute Gasteiger partial charge is 0.456 e. The maximum absolute atomic E-state index is 13.7. The molecule has 8 heteroatoms. The van der Waals surface area contributed by atoms with Crippen molar-refractivity contribution >= 4 is 21.8 Å². The number of hydrogen-bond acceptors (Lipinski definition) is 5. The normalized spacial score (nSPS) is 12.4. The fourth-order valence-electron chi connectivity index (χ4n) is 2.38. The lowest BCUT2D eigenvalue weighted by Crippen LogP contribution is -2.40. The van der Waals surface area contributed by atoms with Crippen molar-refractivity contribution in [1.29, 1.82) is 0 Å². The number of carbonyl (C=O) groups is 2. The highest BCUT2D eigenvalue weighted by atomic mass is 32.2. The number of esters is 1. The molecule has 27 heavy (non-hydrogen) atoms. The van der Waals surface area contributed by atoms with Gasteiger partial charge in [0.15, 0.2) is 6.61 Å². The number of aryl methyl sites for hydroxylation is 2. The maximum Gasteiger partial charge on any atom is 0.324 e. The van der Waals surface area contributed by atoms with Crippen LogP contribution in [0.1, 0.15) is 28.4 Å². The number of hydrogen-bond donors (Lipinski definition) is 1. The number of ketones is 1. The van der Waals surface area contributed by atoms with Crippen LogP contribution in [0.2, 0.25) is 0 Å². The van der Waals surface area contributed by atoms with Gasteiger partial charge in [-0.3, -0.25) is 9.59 Å². The van der Waals surface area contributed by atoms with E-state index in [2.05, 4.69) is 0 Å². The van der Waals surface area contributed by atoms with Crippen LogP contribution in [-0.4, -0.2) is 32.8 Å². The van der Waals surface area contributed by atoms with Crippen molar-refractivity contribution in [1.82, 2.24) is 4.72 Å². The van der Waals surface area contributed by atoms with Gasteiger partial charge in [-0.2, -0.15) is 4.72 Å². The lowest BCUT2D eigenvalue weighted by molar-refractivity contribution is -0.144. The monoisotopic (exact) mass is 393 g/mol. The second-order valence-electron chi connectivity index (χ2n) is 6.12. The van der Waals surface area contributed by atoms with Gasteiger partial charge in [0, 0.05) is 5.56 Å². The third-order valence-corrected chi connectivity index (χ3v) is 5.42. The highest BCUT2D eigenvalue weighted by Gasteiger charge is 2.26. The first-order chi connectivity index (χ1) is 12.6. The molecule has 0 aliphatic carbocycles. The molecule has 0 saturated heterocycles. The molecule has 0 aliphatic heterocycles. The van der Waals surface area contributed by atoms with Gasteiger partial charge in [-0.1, -0.05) is 29.8 Å². The zero-order valence-corrected chi connectivity index (χ0v) is 16.0. The van der Waals surface area contributed by atoms with Crippen LogP contribution in [0.15, 0.2) is 47.4 Å². The van der Waals surface area contributed by atoms with Crippen LogP contribution in [-0.2, 0) is 19.6 Å². The molecule has 0 saturated carbocycles. The molecule has 0 aromatic heterocycles. The van der Waals surface area contributed by atoms with E-state index >= 15 is 0 Å². The predicted octanol–water partition coefficient (Wildman–Crippen LogP) is 2.54. The predicted molar refractivity (Wildman–Crippen MR) is 97.4 cm³/mol. The quantitative estimate of drug-likeness (QED) is 0.577. The second kappa shape index (κ2) is 8.41. The Morgan fingerprint density at radius 1 is 1.15 bits per heavy atom. The first-order valence-corrected chi connectivity index (χ1v) is 9.64. The van der Waals surface area contributed by atoms with E-state index in [-0.39, 0.29) is 0 Å². The first-order valence-electron chi connectivity index (χ1n) is 8.16. The number of ether oxygens (including phenoxy) is 1. The molecule has 0 bridgehead atoms. The molecular formula is C19H20FNO5S. The van der Waals surface area contributed by atoms with Crippen molar-refractivity contribution in [2.24, 2.45) is 0 Å². The second-order valence-corrected chi connectivity index (χ2v) is 7.81. The number of rotatable bonds is 7. The fourth-order valence-corrected chi connectivity index (χ4v) is 3.65.